The van der Waals surface area contributed by atoms with Crippen LogP contribution < -0.4 is 15.2 Å². The summed E-state index contributed by atoms with van der Waals surface area (Å²) in [6.45, 7) is 9.29. The van der Waals surface area contributed by atoms with Crippen molar-refractivity contribution < 1.29 is 14.2 Å². The first kappa shape index (κ1) is 14.6. The first-order chi connectivity index (χ1) is 9.93. The Hall–Kier alpha value is -1.30. The number of fused-ring (bicyclic) bond motifs is 1. The molecule has 0 spiro atoms. The maximum absolute atomic E-state index is 6.38. The molecule has 0 amide bonds. The van der Waals surface area contributed by atoms with E-state index in [0.717, 1.165) is 36.7 Å². The Morgan fingerprint density at radius 3 is 2.86 bits per heavy atom. The molecule has 0 saturated carbocycles. The molecule has 5 nitrogen and oxygen atoms in total. The van der Waals surface area contributed by atoms with Crippen molar-refractivity contribution in [1.29, 1.82) is 0 Å². The van der Waals surface area contributed by atoms with Crippen molar-refractivity contribution in [2.75, 3.05) is 26.4 Å². The standard InChI is InChI=1S/C16H24N2O3/c1-11-7-18(9-16(2,3)21-11)8-13(17)12-4-5-14-15(6-12)20-10-19-14/h4-6,11,13H,7-10,17H2,1-3H3. The molecule has 2 unspecified atom stereocenters. The second kappa shape index (κ2) is 5.48. The van der Waals surface area contributed by atoms with Crippen molar-refractivity contribution >= 4 is 0 Å². The molecule has 0 aromatic heterocycles. The van der Waals surface area contributed by atoms with Crippen LogP contribution in [0.4, 0.5) is 0 Å². The van der Waals surface area contributed by atoms with Gasteiger partial charge in [0, 0.05) is 25.7 Å². The summed E-state index contributed by atoms with van der Waals surface area (Å²) in [5, 5.41) is 0. The van der Waals surface area contributed by atoms with E-state index in [9.17, 15) is 0 Å². The minimum Gasteiger partial charge on any atom is -0.454 e. The lowest BCUT2D eigenvalue weighted by atomic mass is 10.0. The molecule has 21 heavy (non-hydrogen) atoms. The van der Waals surface area contributed by atoms with Crippen molar-refractivity contribution in [3.63, 3.8) is 0 Å². The summed E-state index contributed by atoms with van der Waals surface area (Å²) in [7, 11) is 0. The van der Waals surface area contributed by atoms with Crippen molar-refractivity contribution in [3.05, 3.63) is 23.8 Å². The molecule has 1 saturated heterocycles. The summed E-state index contributed by atoms with van der Waals surface area (Å²) in [6.07, 6.45) is 0.234. The summed E-state index contributed by atoms with van der Waals surface area (Å²) in [5.41, 5.74) is 7.34. The maximum Gasteiger partial charge on any atom is 0.231 e. The fraction of sp³-hybridized carbons (Fsp3) is 0.625. The normalized spacial score (nSPS) is 25.8. The molecule has 2 heterocycles. The van der Waals surface area contributed by atoms with Gasteiger partial charge in [0.25, 0.3) is 0 Å². The number of nitrogens with two attached hydrogens (primary N) is 1. The largest absolute Gasteiger partial charge is 0.454 e. The van der Waals surface area contributed by atoms with Gasteiger partial charge in [0.1, 0.15) is 0 Å². The Balaban J connectivity index is 1.67. The predicted octanol–water partition coefficient (Wildman–Crippen LogP) is 1.91. The quantitative estimate of drug-likeness (QED) is 0.922. The highest BCUT2D eigenvalue weighted by Gasteiger charge is 2.32. The van der Waals surface area contributed by atoms with Crippen molar-refractivity contribution in [1.82, 2.24) is 4.90 Å². The molecule has 2 aliphatic heterocycles. The van der Waals surface area contributed by atoms with Crippen LogP contribution in [0.25, 0.3) is 0 Å². The van der Waals surface area contributed by atoms with Gasteiger partial charge in [-0.25, -0.2) is 0 Å². The molecule has 116 valence electrons. The van der Waals surface area contributed by atoms with E-state index in [0.29, 0.717) is 6.79 Å². The molecule has 5 heteroatoms. The van der Waals surface area contributed by atoms with E-state index >= 15 is 0 Å². The van der Waals surface area contributed by atoms with E-state index in [1.165, 1.54) is 0 Å². The number of ether oxygens (including phenoxy) is 3. The van der Waals surface area contributed by atoms with Crippen LogP contribution in [0, 0.1) is 0 Å². The Bertz CT molecular complexity index is 518. The van der Waals surface area contributed by atoms with E-state index < -0.39 is 0 Å². The Morgan fingerprint density at radius 1 is 1.33 bits per heavy atom. The highest BCUT2D eigenvalue weighted by atomic mass is 16.7. The highest BCUT2D eigenvalue weighted by molar-refractivity contribution is 5.45. The van der Waals surface area contributed by atoms with Crippen LogP contribution in [-0.2, 0) is 4.74 Å². The van der Waals surface area contributed by atoms with Crippen LogP contribution in [0.3, 0.4) is 0 Å². The van der Waals surface area contributed by atoms with E-state index in [2.05, 4.69) is 25.7 Å². The van der Waals surface area contributed by atoms with Gasteiger partial charge in [0.05, 0.1) is 11.7 Å². The zero-order valence-electron chi connectivity index (χ0n) is 13.0. The Morgan fingerprint density at radius 2 is 2.10 bits per heavy atom. The summed E-state index contributed by atoms with van der Waals surface area (Å²) < 4.78 is 16.7. The molecule has 1 aromatic rings. The highest BCUT2D eigenvalue weighted by Crippen LogP contribution is 2.34. The lowest BCUT2D eigenvalue weighted by Crippen LogP contribution is -2.53. The van der Waals surface area contributed by atoms with Crippen molar-refractivity contribution in [3.8, 4) is 11.5 Å². The van der Waals surface area contributed by atoms with Crippen LogP contribution in [0.2, 0.25) is 0 Å². The molecule has 1 fully saturated rings. The monoisotopic (exact) mass is 292 g/mol. The minimum atomic E-state index is -0.119. The Kier molecular flexibility index (Phi) is 3.82. The smallest absolute Gasteiger partial charge is 0.231 e. The molecule has 2 atom stereocenters. The fourth-order valence-corrected chi connectivity index (χ4v) is 3.25. The van der Waals surface area contributed by atoms with Gasteiger partial charge in [-0.05, 0) is 38.5 Å². The molecule has 1 aromatic carbocycles. The van der Waals surface area contributed by atoms with Gasteiger partial charge in [-0.15, -0.1) is 0 Å². The number of hydrogen-bond acceptors (Lipinski definition) is 5. The van der Waals surface area contributed by atoms with Crippen LogP contribution >= 0.6 is 0 Å². The third-order valence-electron chi connectivity index (χ3n) is 3.92. The van der Waals surface area contributed by atoms with Crippen molar-refractivity contribution in [2.24, 2.45) is 5.73 Å². The second-order valence-electron chi connectivity index (χ2n) is 6.60. The van der Waals surface area contributed by atoms with E-state index in [4.69, 9.17) is 19.9 Å². The summed E-state index contributed by atoms with van der Waals surface area (Å²) in [5.74, 6) is 1.59. The first-order valence-corrected chi connectivity index (χ1v) is 7.48. The molecular formula is C16H24N2O3. The fourth-order valence-electron chi connectivity index (χ4n) is 3.25. The molecule has 2 aliphatic rings. The van der Waals surface area contributed by atoms with Gasteiger partial charge in [0.15, 0.2) is 11.5 Å². The van der Waals surface area contributed by atoms with Gasteiger partial charge in [-0.1, -0.05) is 6.07 Å². The van der Waals surface area contributed by atoms with Gasteiger partial charge in [-0.3, -0.25) is 4.90 Å². The second-order valence-corrected chi connectivity index (χ2v) is 6.60. The summed E-state index contributed by atoms with van der Waals surface area (Å²) >= 11 is 0. The van der Waals surface area contributed by atoms with Crippen LogP contribution in [0.15, 0.2) is 18.2 Å². The van der Waals surface area contributed by atoms with E-state index in [-0.39, 0.29) is 17.7 Å². The third kappa shape index (κ3) is 3.31. The molecule has 3 rings (SSSR count). The Labute approximate surface area is 126 Å². The molecule has 0 bridgehead atoms. The third-order valence-corrected chi connectivity index (χ3v) is 3.92. The van der Waals surface area contributed by atoms with Gasteiger partial charge >= 0.3 is 0 Å². The van der Waals surface area contributed by atoms with Gasteiger partial charge in [-0.2, -0.15) is 0 Å². The summed E-state index contributed by atoms with van der Waals surface area (Å²) in [6, 6.07) is 5.90. The van der Waals surface area contributed by atoms with Crippen LogP contribution in [-0.4, -0.2) is 43.0 Å². The molecule has 0 aliphatic carbocycles. The van der Waals surface area contributed by atoms with E-state index in [1.807, 2.05) is 18.2 Å². The zero-order chi connectivity index (χ0) is 15.0. The summed E-state index contributed by atoms with van der Waals surface area (Å²) in [4.78, 5) is 2.38. The van der Waals surface area contributed by atoms with E-state index in [1.54, 1.807) is 0 Å². The number of rotatable bonds is 3. The lowest BCUT2D eigenvalue weighted by molar-refractivity contribution is -0.129. The predicted molar refractivity (Wildman–Crippen MR) is 80.6 cm³/mol. The minimum absolute atomic E-state index is 0.0411. The SMILES string of the molecule is CC1CN(CC(N)c2ccc3c(c2)OCO3)CC(C)(C)O1. The number of nitrogens with zero attached hydrogens (tertiary/aromatic N) is 1. The van der Waals surface area contributed by atoms with Crippen molar-refractivity contribution in [2.45, 2.75) is 38.5 Å². The maximum atomic E-state index is 6.38. The molecular weight excluding hydrogens is 268 g/mol. The van der Waals surface area contributed by atoms with Crippen LogP contribution in [0.5, 0.6) is 11.5 Å². The molecule has 2 N–H and O–H groups in total. The molecule has 0 radical (unpaired) electrons. The average molecular weight is 292 g/mol. The average Bonchev–Trinajstić information content (AvgIpc) is 2.82. The zero-order valence-corrected chi connectivity index (χ0v) is 13.0. The topological polar surface area (TPSA) is 57.0 Å². The lowest BCUT2D eigenvalue weighted by Gasteiger charge is -2.42. The van der Waals surface area contributed by atoms with Gasteiger partial charge in [0.2, 0.25) is 6.79 Å². The number of hydrogen-bond donors (Lipinski definition) is 1. The first-order valence-electron chi connectivity index (χ1n) is 7.48. The van der Waals surface area contributed by atoms with Crippen LogP contribution in [0.1, 0.15) is 32.4 Å². The number of morpholine rings is 1. The van der Waals surface area contributed by atoms with Gasteiger partial charge < -0.3 is 19.9 Å². The number of benzene rings is 1.